The molecule has 1 fully saturated rings. The molecule has 144 valence electrons. The number of piperazine rings is 1. The Hall–Kier alpha value is -3.42. The Kier molecular flexibility index (Phi) is 4.92. The maximum Gasteiger partial charge on any atom is 0.376 e. The van der Waals surface area contributed by atoms with Crippen LogP contribution in [0.15, 0.2) is 47.1 Å². The summed E-state index contributed by atoms with van der Waals surface area (Å²) in [5.41, 5.74) is 0.685. The normalized spacial score (nSPS) is 14.3. The van der Waals surface area contributed by atoms with Gasteiger partial charge in [0, 0.05) is 31.6 Å². The number of benzene rings is 1. The molecular weight excluding hydrogens is 360 g/mol. The zero-order valence-corrected chi connectivity index (χ0v) is 15.5. The van der Waals surface area contributed by atoms with Gasteiger partial charge in [-0.05, 0) is 31.2 Å². The van der Waals surface area contributed by atoms with E-state index in [0.29, 0.717) is 43.3 Å². The zero-order chi connectivity index (χ0) is 19.5. The van der Waals surface area contributed by atoms with E-state index in [1.165, 1.54) is 6.26 Å². The van der Waals surface area contributed by atoms with Crippen molar-refractivity contribution in [3.63, 3.8) is 0 Å². The van der Waals surface area contributed by atoms with Gasteiger partial charge in [0.2, 0.25) is 5.82 Å². The SMILES string of the molecule is CCOC(=O)c1nc(N2CCN(C(=O)c3ccco3)CC2)c2ccccc2n1. The second-order valence-corrected chi connectivity index (χ2v) is 6.36. The summed E-state index contributed by atoms with van der Waals surface area (Å²) in [7, 11) is 0. The minimum atomic E-state index is -0.541. The van der Waals surface area contributed by atoms with Gasteiger partial charge in [0.25, 0.3) is 5.91 Å². The summed E-state index contributed by atoms with van der Waals surface area (Å²) in [6.45, 7) is 4.26. The molecule has 1 saturated heterocycles. The van der Waals surface area contributed by atoms with E-state index in [-0.39, 0.29) is 18.3 Å². The van der Waals surface area contributed by atoms with Crippen molar-refractivity contribution in [2.75, 3.05) is 37.7 Å². The van der Waals surface area contributed by atoms with Crippen molar-refractivity contribution >= 4 is 28.6 Å². The van der Waals surface area contributed by atoms with Gasteiger partial charge in [-0.25, -0.2) is 14.8 Å². The van der Waals surface area contributed by atoms with Crippen molar-refractivity contribution in [1.82, 2.24) is 14.9 Å². The standard InChI is InChI=1S/C20H20N4O4/c1-2-27-20(26)17-21-15-7-4-3-6-14(15)18(22-17)23-9-11-24(12-10-23)19(25)16-8-5-13-28-16/h3-8,13H,2,9-12H2,1H3. The third-order valence-electron chi connectivity index (χ3n) is 4.64. The van der Waals surface area contributed by atoms with Gasteiger partial charge in [0.1, 0.15) is 5.82 Å². The van der Waals surface area contributed by atoms with E-state index < -0.39 is 5.97 Å². The van der Waals surface area contributed by atoms with E-state index in [4.69, 9.17) is 9.15 Å². The molecule has 3 aromatic rings. The minimum Gasteiger partial charge on any atom is -0.460 e. The molecule has 4 rings (SSSR count). The lowest BCUT2D eigenvalue weighted by Gasteiger charge is -2.35. The van der Waals surface area contributed by atoms with E-state index in [9.17, 15) is 9.59 Å². The first-order valence-electron chi connectivity index (χ1n) is 9.19. The van der Waals surface area contributed by atoms with Crippen LogP contribution >= 0.6 is 0 Å². The lowest BCUT2D eigenvalue weighted by Crippen LogP contribution is -2.49. The number of aromatic nitrogens is 2. The molecule has 0 unspecified atom stereocenters. The summed E-state index contributed by atoms with van der Waals surface area (Å²) < 4.78 is 10.3. The number of carbonyl (C=O) groups is 2. The predicted molar refractivity (Wildman–Crippen MR) is 102 cm³/mol. The number of nitrogens with zero attached hydrogens (tertiary/aromatic N) is 4. The summed E-state index contributed by atoms with van der Waals surface area (Å²) in [5, 5.41) is 0.862. The van der Waals surface area contributed by atoms with Crippen LogP contribution in [-0.4, -0.2) is 59.5 Å². The molecule has 0 spiro atoms. The first kappa shape index (κ1) is 18.0. The lowest BCUT2D eigenvalue weighted by molar-refractivity contribution is 0.0512. The van der Waals surface area contributed by atoms with Crippen molar-refractivity contribution < 1.29 is 18.7 Å². The first-order valence-corrected chi connectivity index (χ1v) is 9.19. The van der Waals surface area contributed by atoms with Gasteiger partial charge >= 0.3 is 5.97 Å². The molecular formula is C20H20N4O4. The average molecular weight is 380 g/mol. The summed E-state index contributed by atoms with van der Waals surface area (Å²) in [6, 6.07) is 10.9. The molecule has 0 saturated carbocycles. The van der Waals surface area contributed by atoms with Gasteiger partial charge in [0.15, 0.2) is 5.76 Å². The molecule has 1 aromatic carbocycles. The minimum absolute atomic E-state index is 0.0460. The fraction of sp³-hybridized carbons (Fsp3) is 0.300. The highest BCUT2D eigenvalue weighted by Crippen LogP contribution is 2.25. The number of rotatable bonds is 4. The van der Waals surface area contributed by atoms with Gasteiger partial charge in [-0.1, -0.05) is 12.1 Å². The second kappa shape index (κ2) is 7.67. The molecule has 0 radical (unpaired) electrons. The number of esters is 1. The van der Waals surface area contributed by atoms with Crippen LogP contribution in [0.4, 0.5) is 5.82 Å². The van der Waals surface area contributed by atoms with E-state index in [1.54, 1.807) is 24.0 Å². The Labute approximate surface area is 161 Å². The van der Waals surface area contributed by atoms with E-state index in [0.717, 1.165) is 5.39 Å². The van der Waals surface area contributed by atoms with Crippen LogP contribution in [0.5, 0.6) is 0 Å². The topological polar surface area (TPSA) is 88.8 Å². The Bertz CT molecular complexity index is 995. The van der Waals surface area contributed by atoms with Gasteiger partial charge < -0.3 is 19.0 Å². The third kappa shape index (κ3) is 3.40. The van der Waals surface area contributed by atoms with Gasteiger partial charge in [-0.15, -0.1) is 0 Å². The predicted octanol–water partition coefficient (Wildman–Crippen LogP) is 2.36. The van der Waals surface area contributed by atoms with Crippen molar-refractivity contribution in [1.29, 1.82) is 0 Å². The van der Waals surface area contributed by atoms with E-state index in [1.807, 2.05) is 24.3 Å². The number of hydrogen-bond acceptors (Lipinski definition) is 7. The molecule has 2 aromatic heterocycles. The van der Waals surface area contributed by atoms with Crippen LogP contribution in [0.2, 0.25) is 0 Å². The maximum atomic E-state index is 12.5. The maximum absolute atomic E-state index is 12.5. The van der Waals surface area contributed by atoms with E-state index >= 15 is 0 Å². The number of para-hydroxylation sites is 1. The number of amides is 1. The van der Waals surface area contributed by atoms with Crippen LogP contribution in [0.3, 0.4) is 0 Å². The highest BCUT2D eigenvalue weighted by atomic mass is 16.5. The molecule has 1 aliphatic heterocycles. The fourth-order valence-electron chi connectivity index (χ4n) is 3.27. The Morgan fingerprint density at radius 3 is 2.57 bits per heavy atom. The molecule has 0 atom stereocenters. The van der Waals surface area contributed by atoms with Crippen molar-refractivity contribution in [3.8, 4) is 0 Å². The van der Waals surface area contributed by atoms with Crippen molar-refractivity contribution in [2.45, 2.75) is 6.92 Å². The second-order valence-electron chi connectivity index (χ2n) is 6.36. The molecule has 0 N–H and O–H groups in total. The smallest absolute Gasteiger partial charge is 0.376 e. The number of anilines is 1. The van der Waals surface area contributed by atoms with Crippen LogP contribution in [-0.2, 0) is 4.74 Å². The van der Waals surface area contributed by atoms with E-state index in [2.05, 4.69) is 14.9 Å². The monoisotopic (exact) mass is 380 g/mol. The van der Waals surface area contributed by atoms with Crippen molar-refractivity contribution in [3.05, 3.63) is 54.2 Å². The van der Waals surface area contributed by atoms with Crippen molar-refractivity contribution in [2.24, 2.45) is 0 Å². The van der Waals surface area contributed by atoms with Crippen LogP contribution in [0.25, 0.3) is 10.9 Å². The summed E-state index contributed by atoms with van der Waals surface area (Å²) in [6.07, 6.45) is 1.49. The van der Waals surface area contributed by atoms with Crippen LogP contribution < -0.4 is 4.90 Å². The molecule has 0 bridgehead atoms. The van der Waals surface area contributed by atoms with Gasteiger partial charge in [-0.2, -0.15) is 0 Å². The third-order valence-corrected chi connectivity index (χ3v) is 4.64. The van der Waals surface area contributed by atoms with Gasteiger partial charge in [0.05, 0.1) is 18.4 Å². The summed E-state index contributed by atoms with van der Waals surface area (Å²) in [4.78, 5) is 37.3. The molecule has 0 aliphatic carbocycles. The molecule has 1 aliphatic rings. The van der Waals surface area contributed by atoms with Gasteiger partial charge in [-0.3, -0.25) is 4.79 Å². The summed E-state index contributed by atoms with van der Waals surface area (Å²) >= 11 is 0. The number of fused-ring (bicyclic) bond motifs is 1. The highest BCUT2D eigenvalue weighted by Gasteiger charge is 2.26. The quantitative estimate of drug-likeness (QED) is 0.642. The number of hydrogen-bond donors (Lipinski definition) is 0. The van der Waals surface area contributed by atoms with Crippen LogP contribution in [0.1, 0.15) is 28.1 Å². The molecule has 28 heavy (non-hydrogen) atoms. The molecule has 8 nitrogen and oxygen atoms in total. The highest BCUT2D eigenvalue weighted by molar-refractivity contribution is 5.95. The molecule has 3 heterocycles. The lowest BCUT2D eigenvalue weighted by atomic mass is 10.2. The number of ether oxygens (including phenoxy) is 1. The molecule has 8 heteroatoms. The number of carbonyl (C=O) groups excluding carboxylic acids is 2. The Morgan fingerprint density at radius 1 is 1.07 bits per heavy atom. The zero-order valence-electron chi connectivity index (χ0n) is 15.5. The first-order chi connectivity index (χ1) is 13.7. The average Bonchev–Trinajstić information content (AvgIpc) is 3.27. The number of furan rings is 1. The summed E-state index contributed by atoms with van der Waals surface area (Å²) in [5.74, 6) is 0.402. The Morgan fingerprint density at radius 2 is 1.86 bits per heavy atom. The largest absolute Gasteiger partial charge is 0.460 e. The fourth-order valence-corrected chi connectivity index (χ4v) is 3.27. The Balaban J connectivity index is 1.59. The van der Waals surface area contributed by atoms with Crippen LogP contribution in [0, 0.1) is 0 Å². The molecule has 1 amide bonds.